The fourth-order valence-corrected chi connectivity index (χ4v) is 4.06. The van der Waals surface area contributed by atoms with Gasteiger partial charge < -0.3 is 9.64 Å². The minimum atomic E-state index is -0.333. The van der Waals surface area contributed by atoms with Crippen molar-refractivity contribution in [3.63, 3.8) is 0 Å². The van der Waals surface area contributed by atoms with Gasteiger partial charge in [-0.2, -0.15) is 0 Å². The Balaban J connectivity index is 1.34. The van der Waals surface area contributed by atoms with E-state index < -0.39 is 0 Å². The average molecular weight is 368 g/mol. The first-order valence-electron chi connectivity index (χ1n) is 9.60. The second kappa shape index (κ2) is 7.69. The van der Waals surface area contributed by atoms with E-state index in [0.717, 1.165) is 37.1 Å². The van der Waals surface area contributed by atoms with Gasteiger partial charge in [-0.05, 0) is 60.2 Å². The van der Waals surface area contributed by atoms with Gasteiger partial charge in [-0.15, -0.1) is 0 Å². The van der Waals surface area contributed by atoms with Crippen LogP contribution in [0.25, 0.3) is 0 Å². The van der Waals surface area contributed by atoms with Gasteiger partial charge in [0.25, 0.3) is 5.91 Å². The number of hydrogen-bond acceptors (Lipinski definition) is 3. The van der Waals surface area contributed by atoms with Crippen molar-refractivity contribution in [1.82, 2.24) is 9.80 Å². The van der Waals surface area contributed by atoms with Gasteiger partial charge >= 0.3 is 0 Å². The largest absolute Gasteiger partial charge is 0.494 e. The molecule has 2 aromatic carbocycles. The second-order valence-corrected chi connectivity index (χ2v) is 7.37. The van der Waals surface area contributed by atoms with Crippen molar-refractivity contribution in [2.24, 2.45) is 0 Å². The molecule has 4 rings (SSSR count). The predicted molar refractivity (Wildman–Crippen MR) is 103 cm³/mol. The smallest absolute Gasteiger partial charge is 0.253 e. The van der Waals surface area contributed by atoms with Crippen LogP contribution in [-0.4, -0.2) is 49.0 Å². The van der Waals surface area contributed by atoms with Gasteiger partial charge in [0.2, 0.25) is 0 Å². The number of amides is 1. The molecule has 1 fully saturated rings. The first-order valence-corrected chi connectivity index (χ1v) is 9.60. The van der Waals surface area contributed by atoms with Gasteiger partial charge in [-0.1, -0.05) is 12.1 Å². The molecule has 0 spiro atoms. The van der Waals surface area contributed by atoms with Gasteiger partial charge in [-0.25, -0.2) is 4.39 Å². The van der Waals surface area contributed by atoms with Crippen molar-refractivity contribution in [3.05, 3.63) is 64.5 Å². The monoisotopic (exact) mass is 368 g/mol. The van der Waals surface area contributed by atoms with Crippen LogP contribution in [0.5, 0.6) is 5.75 Å². The number of carbonyl (C=O) groups is 1. The first kappa shape index (κ1) is 18.0. The first-order chi connectivity index (χ1) is 13.1. The number of halogens is 1. The van der Waals surface area contributed by atoms with Gasteiger partial charge in [-0.3, -0.25) is 9.69 Å². The van der Waals surface area contributed by atoms with Crippen LogP contribution >= 0.6 is 0 Å². The molecule has 0 N–H and O–H groups in total. The third kappa shape index (κ3) is 3.83. The van der Waals surface area contributed by atoms with Crippen LogP contribution in [0.4, 0.5) is 4.39 Å². The number of aryl methyl sites for hydroxylation is 2. The molecular formula is C22H25FN2O2. The van der Waals surface area contributed by atoms with Crippen LogP contribution in [0, 0.1) is 5.82 Å². The van der Waals surface area contributed by atoms with E-state index in [1.807, 2.05) is 17.0 Å². The number of methoxy groups -OCH3 is 1. The highest BCUT2D eigenvalue weighted by Gasteiger charge is 2.23. The molecule has 1 heterocycles. The molecule has 142 valence electrons. The van der Waals surface area contributed by atoms with Gasteiger partial charge in [0, 0.05) is 38.3 Å². The summed E-state index contributed by atoms with van der Waals surface area (Å²) >= 11 is 0. The molecule has 1 saturated heterocycles. The van der Waals surface area contributed by atoms with Crippen LogP contribution in [-0.2, 0) is 19.4 Å². The molecule has 0 saturated carbocycles. The van der Waals surface area contributed by atoms with Gasteiger partial charge in [0.05, 0.1) is 7.11 Å². The van der Waals surface area contributed by atoms with Crippen molar-refractivity contribution >= 4 is 5.91 Å². The zero-order valence-corrected chi connectivity index (χ0v) is 15.7. The summed E-state index contributed by atoms with van der Waals surface area (Å²) in [6.07, 6.45) is 3.41. The van der Waals surface area contributed by atoms with E-state index in [-0.39, 0.29) is 17.5 Å². The summed E-state index contributed by atoms with van der Waals surface area (Å²) < 4.78 is 18.8. The summed E-state index contributed by atoms with van der Waals surface area (Å²) in [5.74, 6) is 0.0591. The Morgan fingerprint density at radius 2 is 1.81 bits per heavy atom. The minimum absolute atomic E-state index is 0.125. The molecule has 0 radical (unpaired) electrons. The van der Waals surface area contributed by atoms with Crippen molar-refractivity contribution in [2.75, 3.05) is 33.3 Å². The lowest BCUT2D eigenvalue weighted by Crippen LogP contribution is -2.48. The van der Waals surface area contributed by atoms with E-state index in [9.17, 15) is 9.18 Å². The maximum Gasteiger partial charge on any atom is 0.253 e. The molecule has 4 nitrogen and oxygen atoms in total. The molecule has 1 aliphatic carbocycles. The average Bonchev–Trinajstić information content (AvgIpc) is 3.16. The third-order valence-electron chi connectivity index (χ3n) is 5.63. The summed E-state index contributed by atoms with van der Waals surface area (Å²) in [7, 11) is 1.47. The van der Waals surface area contributed by atoms with Gasteiger partial charge in [0.1, 0.15) is 0 Å². The number of rotatable bonds is 4. The summed E-state index contributed by atoms with van der Waals surface area (Å²) in [6.45, 7) is 3.68. The summed E-state index contributed by atoms with van der Waals surface area (Å²) in [6, 6.07) is 11.3. The summed E-state index contributed by atoms with van der Waals surface area (Å²) in [5.41, 5.74) is 4.46. The number of nitrogens with zero attached hydrogens (tertiary/aromatic N) is 2. The Labute approximate surface area is 159 Å². The fraction of sp³-hybridized carbons (Fsp3) is 0.409. The molecule has 2 aliphatic rings. The lowest BCUT2D eigenvalue weighted by Gasteiger charge is -2.35. The fourth-order valence-electron chi connectivity index (χ4n) is 4.06. The number of benzene rings is 2. The Morgan fingerprint density at radius 1 is 1.04 bits per heavy atom. The second-order valence-electron chi connectivity index (χ2n) is 7.37. The quantitative estimate of drug-likeness (QED) is 0.830. The highest BCUT2D eigenvalue weighted by Crippen LogP contribution is 2.24. The third-order valence-corrected chi connectivity index (χ3v) is 5.63. The number of ether oxygens (including phenoxy) is 1. The maximum atomic E-state index is 13.9. The van der Waals surface area contributed by atoms with Crippen molar-refractivity contribution in [1.29, 1.82) is 0 Å². The Bertz CT molecular complexity index is 844. The van der Waals surface area contributed by atoms with E-state index in [1.165, 1.54) is 30.7 Å². The van der Waals surface area contributed by atoms with E-state index in [1.54, 1.807) is 6.07 Å². The SMILES string of the molecule is COc1ccc(CN2CCN(C(=O)c3ccc4c(c3)CCC4)CC2)cc1F. The number of piperazine rings is 1. The molecule has 0 unspecified atom stereocenters. The standard InChI is InChI=1S/C22H25FN2O2/c1-27-21-8-5-16(13-20(21)23)15-24-9-11-25(12-10-24)22(26)19-7-6-17-3-2-4-18(17)14-19/h5-8,13-14H,2-4,9-12,15H2,1H3. The van der Waals surface area contributed by atoms with E-state index in [0.29, 0.717) is 19.6 Å². The Hall–Kier alpha value is -2.40. The van der Waals surface area contributed by atoms with E-state index in [2.05, 4.69) is 17.0 Å². The molecule has 1 aliphatic heterocycles. The Kier molecular flexibility index (Phi) is 5.12. The normalized spacial score (nSPS) is 17.0. The van der Waals surface area contributed by atoms with Crippen LogP contribution in [0.3, 0.4) is 0 Å². The minimum Gasteiger partial charge on any atom is -0.494 e. The molecular weight excluding hydrogens is 343 g/mol. The maximum absolute atomic E-state index is 13.9. The van der Waals surface area contributed by atoms with Crippen LogP contribution in [0.2, 0.25) is 0 Å². The van der Waals surface area contributed by atoms with Crippen LogP contribution < -0.4 is 4.74 Å². The highest BCUT2D eigenvalue weighted by molar-refractivity contribution is 5.94. The topological polar surface area (TPSA) is 32.8 Å². The highest BCUT2D eigenvalue weighted by atomic mass is 19.1. The summed E-state index contributed by atoms with van der Waals surface area (Å²) in [4.78, 5) is 17.0. The lowest BCUT2D eigenvalue weighted by atomic mass is 10.1. The van der Waals surface area contributed by atoms with E-state index in [4.69, 9.17) is 4.74 Å². The number of fused-ring (bicyclic) bond motifs is 1. The summed E-state index contributed by atoms with van der Waals surface area (Å²) in [5, 5.41) is 0. The van der Waals surface area contributed by atoms with Crippen molar-refractivity contribution in [2.45, 2.75) is 25.8 Å². The zero-order valence-electron chi connectivity index (χ0n) is 15.7. The molecule has 2 aromatic rings. The molecule has 1 amide bonds. The van der Waals surface area contributed by atoms with Crippen molar-refractivity contribution < 1.29 is 13.9 Å². The number of carbonyl (C=O) groups excluding carboxylic acids is 1. The van der Waals surface area contributed by atoms with Gasteiger partial charge in [0.15, 0.2) is 11.6 Å². The molecule has 0 bridgehead atoms. The molecule has 5 heteroatoms. The zero-order chi connectivity index (χ0) is 18.8. The van der Waals surface area contributed by atoms with Crippen molar-refractivity contribution in [3.8, 4) is 5.75 Å². The molecule has 0 aromatic heterocycles. The number of hydrogen-bond donors (Lipinski definition) is 0. The predicted octanol–water partition coefficient (Wildman–Crippen LogP) is 3.28. The lowest BCUT2D eigenvalue weighted by molar-refractivity contribution is 0.0628. The van der Waals surface area contributed by atoms with Crippen LogP contribution in [0.1, 0.15) is 33.5 Å². The van der Waals surface area contributed by atoms with Crippen LogP contribution in [0.15, 0.2) is 36.4 Å². The Morgan fingerprint density at radius 3 is 2.56 bits per heavy atom. The molecule has 27 heavy (non-hydrogen) atoms. The molecule has 0 atom stereocenters. The van der Waals surface area contributed by atoms with E-state index >= 15 is 0 Å².